The van der Waals surface area contributed by atoms with Gasteiger partial charge >= 0.3 is 5.97 Å². The molecule has 2 rings (SSSR count). The second kappa shape index (κ2) is 5.12. The van der Waals surface area contributed by atoms with Crippen LogP contribution in [0.25, 0.3) is 10.9 Å². The first kappa shape index (κ1) is 14.3. The van der Waals surface area contributed by atoms with Gasteiger partial charge in [0.15, 0.2) is 0 Å². The first-order valence-corrected chi connectivity index (χ1v) is 6.70. The van der Waals surface area contributed by atoms with Crippen LogP contribution in [-0.2, 0) is 6.54 Å². The second-order valence-corrected chi connectivity index (χ2v) is 5.61. The number of fused-ring (bicyclic) bond motifs is 1. The average Bonchev–Trinajstić information content (AvgIpc) is 2.32. The smallest absolute Gasteiger partial charge is 0.336 e. The molecule has 0 atom stereocenters. The van der Waals surface area contributed by atoms with Gasteiger partial charge < -0.3 is 9.67 Å². The fourth-order valence-electron chi connectivity index (χ4n) is 2.66. The van der Waals surface area contributed by atoms with Gasteiger partial charge in [-0.25, -0.2) is 4.79 Å². The van der Waals surface area contributed by atoms with Gasteiger partial charge in [-0.05, 0) is 43.0 Å². The summed E-state index contributed by atoms with van der Waals surface area (Å²) < 4.78 is 1.73. The van der Waals surface area contributed by atoms with Crippen molar-refractivity contribution >= 4 is 16.9 Å². The van der Waals surface area contributed by atoms with Crippen LogP contribution < -0.4 is 5.56 Å². The first-order chi connectivity index (χ1) is 9.32. The molecule has 0 aliphatic rings. The van der Waals surface area contributed by atoms with E-state index in [1.807, 2.05) is 0 Å². The molecule has 20 heavy (non-hydrogen) atoms. The zero-order chi connectivity index (χ0) is 15.0. The van der Waals surface area contributed by atoms with Gasteiger partial charge in [0.25, 0.3) is 5.56 Å². The molecule has 0 bridgehead atoms. The zero-order valence-corrected chi connectivity index (χ0v) is 12.2. The van der Waals surface area contributed by atoms with Crippen molar-refractivity contribution in [2.45, 2.75) is 34.2 Å². The number of hydrogen-bond acceptors (Lipinski definition) is 2. The van der Waals surface area contributed by atoms with Gasteiger partial charge in [-0.3, -0.25) is 4.79 Å². The lowest BCUT2D eigenvalue weighted by atomic mass is 9.97. The number of carboxylic acids is 1. The average molecular weight is 273 g/mol. The van der Waals surface area contributed by atoms with Gasteiger partial charge in [-0.1, -0.05) is 13.8 Å². The summed E-state index contributed by atoms with van der Waals surface area (Å²) in [6, 6.07) is 5.03. The van der Waals surface area contributed by atoms with Crippen molar-refractivity contribution in [3.63, 3.8) is 0 Å². The lowest BCUT2D eigenvalue weighted by Gasteiger charge is -2.16. The van der Waals surface area contributed by atoms with Gasteiger partial charge in [0.05, 0.1) is 11.1 Å². The Morgan fingerprint density at radius 2 is 1.95 bits per heavy atom. The number of aromatic nitrogens is 1. The van der Waals surface area contributed by atoms with Crippen molar-refractivity contribution in [2.24, 2.45) is 5.92 Å². The van der Waals surface area contributed by atoms with Gasteiger partial charge in [0.2, 0.25) is 0 Å². The molecule has 4 heteroatoms. The molecule has 0 saturated carbocycles. The topological polar surface area (TPSA) is 59.3 Å². The number of nitrogens with zero attached hydrogens (tertiary/aromatic N) is 1. The molecule has 0 fully saturated rings. The maximum absolute atomic E-state index is 12.1. The molecule has 0 aliphatic carbocycles. The van der Waals surface area contributed by atoms with E-state index in [-0.39, 0.29) is 5.56 Å². The molecule has 1 heterocycles. The lowest BCUT2D eigenvalue weighted by Crippen LogP contribution is -2.22. The van der Waals surface area contributed by atoms with E-state index in [1.165, 1.54) is 6.07 Å². The van der Waals surface area contributed by atoms with Crippen LogP contribution in [0.3, 0.4) is 0 Å². The molecule has 0 amide bonds. The third-order valence-corrected chi connectivity index (χ3v) is 3.51. The maximum Gasteiger partial charge on any atom is 0.336 e. The van der Waals surface area contributed by atoms with E-state index in [2.05, 4.69) is 13.8 Å². The lowest BCUT2D eigenvalue weighted by molar-refractivity contribution is 0.0695. The van der Waals surface area contributed by atoms with E-state index in [9.17, 15) is 14.7 Å². The van der Waals surface area contributed by atoms with Crippen molar-refractivity contribution < 1.29 is 9.90 Å². The maximum atomic E-state index is 12.1. The number of rotatable bonds is 3. The molecule has 0 aliphatic heterocycles. The highest BCUT2D eigenvalue weighted by molar-refractivity contribution is 5.98. The summed E-state index contributed by atoms with van der Waals surface area (Å²) in [5, 5.41) is 10.1. The van der Waals surface area contributed by atoms with Crippen molar-refractivity contribution in [3.05, 3.63) is 45.2 Å². The first-order valence-electron chi connectivity index (χ1n) is 6.70. The predicted molar refractivity (Wildman–Crippen MR) is 79.5 cm³/mol. The van der Waals surface area contributed by atoms with Crippen LogP contribution in [0.2, 0.25) is 0 Å². The number of aromatic carboxylic acids is 1. The Balaban J connectivity index is 2.87. The highest BCUT2D eigenvalue weighted by Gasteiger charge is 2.16. The van der Waals surface area contributed by atoms with E-state index in [0.29, 0.717) is 29.2 Å². The summed E-state index contributed by atoms with van der Waals surface area (Å²) in [7, 11) is 0. The SMILES string of the molecule is Cc1cc2c(ccc(=O)n2CC(C)C)c(C)c1C(=O)O. The highest BCUT2D eigenvalue weighted by atomic mass is 16.4. The van der Waals surface area contributed by atoms with Crippen LogP contribution in [0.4, 0.5) is 0 Å². The van der Waals surface area contributed by atoms with Gasteiger partial charge in [-0.15, -0.1) is 0 Å². The summed E-state index contributed by atoms with van der Waals surface area (Å²) in [5.74, 6) is -0.582. The van der Waals surface area contributed by atoms with E-state index < -0.39 is 5.97 Å². The minimum absolute atomic E-state index is 0.0481. The normalized spacial score (nSPS) is 11.2. The Kier molecular flexibility index (Phi) is 3.66. The quantitative estimate of drug-likeness (QED) is 0.935. The Bertz CT molecular complexity index is 741. The van der Waals surface area contributed by atoms with E-state index in [1.54, 1.807) is 30.5 Å². The Hall–Kier alpha value is -2.10. The standard InChI is InChI=1S/C16H19NO3/c1-9(2)8-17-13-7-10(3)15(16(19)20)11(4)12(13)5-6-14(17)18/h5-7,9H,8H2,1-4H3,(H,19,20). The van der Waals surface area contributed by atoms with Crippen molar-refractivity contribution in [1.29, 1.82) is 0 Å². The zero-order valence-electron chi connectivity index (χ0n) is 12.2. The minimum Gasteiger partial charge on any atom is -0.478 e. The molecule has 0 spiro atoms. The van der Waals surface area contributed by atoms with Gasteiger partial charge in [0, 0.05) is 18.0 Å². The molecule has 0 saturated heterocycles. The van der Waals surface area contributed by atoms with Crippen molar-refractivity contribution in [2.75, 3.05) is 0 Å². The fraction of sp³-hybridized carbons (Fsp3) is 0.375. The molecule has 0 radical (unpaired) electrons. The number of benzene rings is 1. The third kappa shape index (κ3) is 2.33. The largest absolute Gasteiger partial charge is 0.478 e. The van der Waals surface area contributed by atoms with Crippen LogP contribution in [0, 0.1) is 19.8 Å². The molecule has 1 N–H and O–H groups in total. The van der Waals surface area contributed by atoms with Crippen LogP contribution in [0.15, 0.2) is 23.0 Å². The molecule has 2 aromatic rings. The fourth-order valence-corrected chi connectivity index (χ4v) is 2.66. The highest BCUT2D eigenvalue weighted by Crippen LogP contribution is 2.24. The summed E-state index contributed by atoms with van der Waals surface area (Å²) in [5.41, 5.74) is 2.49. The van der Waals surface area contributed by atoms with E-state index in [0.717, 1.165) is 10.9 Å². The Labute approximate surface area is 117 Å². The number of hydrogen-bond donors (Lipinski definition) is 1. The summed E-state index contributed by atoms with van der Waals surface area (Å²) in [6.45, 7) is 8.30. The van der Waals surface area contributed by atoms with Crippen LogP contribution >= 0.6 is 0 Å². The van der Waals surface area contributed by atoms with Crippen LogP contribution in [-0.4, -0.2) is 15.6 Å². The molecule has 0 unspecified atom stereocenters. The van der Waals surface area contributed by atoms with E-state index >= 15 is 0 Å². The molecule has 1 aromatic carbocycles. The summed E-state index contributed by atoms with van der Waals surface area (Å²) in [6.07, 6.45) is 0. The van der Waals surface area contributed by atoms with Crippen LogP contribution in [0.1, 0.15) is 35.3 Å². The molecular formula is C16H19NO3. The predicted octanol–water partition coefficient (Wildman–Crippen LogP) is 2.97. The number of carbonyl (C=O) groups is 1. The van der Waals surface area contributed by atoms with Crippen molar-refractivity contribution in [3.8, 4) is 0 Å². The second-order valence-electron chi connectivity index (χ2n) is 5.61. The number of carboxylic acid groups (broad SMARTS) is 1. The Morgan fingerprint density at radius 3 is 2.50 bits per heavy atom. The molecule has 4 nitrogen and oxygen atoms in total. The molecule has 1 aromatic heterocycles. The van der Waals surface area contributed by atoms with Crippen molar-refractivity contribution in [1.82, 2.24) is 4.57 Å². The molecular weight excluding hydrogens is 254 g/mol. The minimum atomic E-state index is -0.927. The number of pyridine rings is 1. The summed E-state index contributed by atoms with van der Waals surface area (Å²) in [4.78, 5) is 23.4. The van der Waals surface area contributed by atoms with Gasteiger partial charge in [-0.2, -0.15) is 0 Å². The van der Waals surface area contributed by atoms with Crippen LogP contribution in [0.5, 0.6) is 0 Å². The third-order valence-electron chi connectivity index (χ3n) is 3.51. The van der Waals surface area contributed by atoms with Gasteiger partial charge in [0.1, 0.15) is 0 Å². The number of aryl methyl sites for hydroxylation is 2. The summed E-state index contributed by atoms with van der Waals surface area (Å²) >= 11 is 0. The monoisotopic (exact) mass is 273 g/mol. The molecule has 106 valence electrons. The van der Waals surface area contributed by atoms with E-state index in [4.69, 9.17) is 0 Å². The Morgan fingerprint density at radius 1 is 1.30 bits per heavy atom.